The lowest BCUT2D eigenvalue weighted by Gasteiger charge is -2.28. The summed E-state index contributed by atoms with van der Waals surface area (Å²) in [7, 11) is 0. The summed E-state index contributed by atoms with van der Waals surface area (Å²) in [5.74, 6) is -2.56. The third-order valence-corrected chi connectivity index (χ3v) is 3.69. The summed E-state index contributed by atoms with van der Waals surface area (Å²) in [5.41, 5.74) is 0.184. The second-order valence-electron chi connectivity index (χ2n) is 4.45. The Bertz CT molecular complexity index is 765. The van der Waals surface area contributed by atoms with Gasteiger partial charge in [0.2, 0.25) is 0 Å². The summed E-state index contributed by atoms with van der Waals surface area (Å²) in [4.78, 5) is 10.9. The number of aryl methyl sites for hydroxylation is 1. The lowest BCUT2D eigenvalue weighted by molar-refractivity contribution is 0.0694. The van der Waals surface area contributed by atoms with Crippen LogP contribution in [0.4, 0.5) is 15.8 Å². The van der Waals surface area contributed by atoms with Gasteiger partial charge in [-0.3, -0.25) is 8.51 Å². The number of hydrogen-bond acceptors (Lipinski definition) is 4. The molecule has 2 N–H and O–H groups in total. The summed E-state index contributed by atoms with van der Waals surface area (Å²) in [5, 5.41) is 18.5. The largest absolute Gasteiger partial charge is 0.755 e. The number of carbonyl (C=O) groups is 1. The first kappa shape index (κ1) is 15.9. The molecule has 0 aliphatic heterocycles. The van der Waals surface area contributed by atoms with Crippen LogP contribution < -0.4 is 4.31 Å². The molecule has 0 aliphatic carbocycles. The SMILES string of the molecule is Cc1ccc(F)cc1N(c1ccc(C(=O)O)c(O)c1)S(=O)[O-]. The van der Waals surface area contributed by atoms with Crippen molar-refractivity contribution in [3.05, 3.63) is 53.3 Å². The number of aromatic hydroxyl groups is 1. The zero-order valence-electron chi connectivity index (χ0n) is 11.3. The van der Waals surface area contributed by atoms with Gasteiger partial charge in [0.1, 0.15) is 17.1 Å². The molecule has 2 rings (SSSR count). The van der Waals surface area contributed by atoms with Crippen LogP contribution >= 0.6 is 0 Å². The van der Waals surface area contributed by atoms with E-state index in [1.165, 1.54) is 18.2 Å². The van der Waals surface area contributed by atoms with Crippen LogP contribution in [0.2, 0.25) is 0 Å². The molecule has 116 valence electrons. The second kappa shape index (κ2) is 6.12. The van der Waals surface area contributed by atoms with Crippen molar-refractivity contribution < 1.29 is 28.2 Å². The average Bonchev–Trinajstić information content (AvgIpc) is 2.42. The predicted octanol–water partition coefficient (Wildman–Crippen LogP) is 2.47. The minimum absolute atomic E-state index is 0.00969. The molecule has 0 spiro atoms. The number of halogens is 1. The highest BCUT2D eigenvalue weighted by Crippen LogP contribution is 2.33. The molecule has 0 aliphatic rings. The van der Waals surface area contributed by atoms with E-state index in [-0.39, 0.29) is 16.9 Å². The molecule has 0 amide bonds. The molecule has 0 saturated heterocycles. The Morgan fingerprint density at radius 1 is 1.27 bits per heavy atom. The maximum absolute atomic E-state index is 13.4. The molecule has 0 saturated carbocycles. The molecular formula is C14H11FNO5S-. The summed E-state index contributed by atoms with van der Waals surface area (Å²) in [6, 6.07) is 6.91. The van der Waals surface area contributed by atoms with E-state index in [9.17, 15) is 23.1 Å². The number of nitrogens with zero attached hydrogens (tertiary/aromatic N) is 1. The Morgan fingerprint density at radius 2 is 1.95 bits per heavy atom. The van der Waals surface area contributed by atoms with E-state index in [1.807, 2.05) is 0 Å². The normalized spacial score (nSPS) is 12.0. The third-order valence-electron chi connectivity index (χ3n) is 2.99. The van der Waals surface area contributed by atoms with E-state index in [0.717, 1.165) is 22.5 Å². The maximum Gasteiger partial charge on any atom is 0.339 e. The van der Waals surface area contributed by atoms with Crippen molar-refractivity contribution in [1.29, 1.82) is 0 Å². The fourth-order valence-corrected chi connectivity index (χ4v) is 2.58. The zero-order valence-corrected chi connectivity index (χ0v) is 12.1. The fourth-order valence-electron chi connectivity index (χ4n) is 1.93. The van der Waals surface area contributed by atoms with Crippen molar-refractivity contribution in [1.82, 2.24) is 0 Å². The van der Waals surface area contributed by atoms with Crippen LogP contribution in [-0.2, 0) is 11.3 Å². The van der Waals surface area contributed by atoms with Gasteiger partial charge < -0.3 is 14.8 Å². The maximum atomic E-state index is 13.4. The Kier molecular flexibility index (Phi) is 4.43. The van der Waals surface area contributed by atoms with Crippen molar-refractivity contribution >= 4 is 28.6 Å². The van der Waals surface area contributed by atoms with Gasteiger partial charge in [-0.25, -0.2) is 9.18 Å². The minimum Gasteiger partial charge on any atom is -0.755 e. The molecule has 22 heavy (non-hydrogen) atoms. The van der Waals surface area contributed by atoms with Gasteiger partial charge in [-0.05, 0) is 36.8 Å². The van der Waals surface area contributed by atoms with Gasteiger partial charge in [-0.1, -0.05) is 6.07 Å². The highest BCUT2D eigenvalue weighted by atomic mass is 32.2. The fraction of sp³-hybridized carbons (Fsp3) is 0.0714. The van der Waals surface area contributed by atoms with E-state index < -0.39 is 28.8 Å². The van der Waals surface area contributed by atoms with Gasteiger partial charge in [0, 0.05) is 6.07 Å². The van der Waals surface area contributed by atoms with Crippen LogP contribution in [0.25, 0.3) is 0 Å². The molecule has 2 aromatic rings. The monoisotopic (exact) mass is 324 g/mol. The number of hydrogen-bond donors (Lipinski definition) is 2. The molecule has 6 nitrogen and oxygen atoms in total. The van der Waals surface area contributed by atoms with Crippen LogP contribution in [0, 0.1) is 12.7 Å². The van der Waals surface area contributed by atoms with E-state index >= 15 is 0 Å². The number of carboxylic acids is 1. The van der Waals surface area contributed by atoms with E-state index in [2.05, 4.69) is 0 Å². The first-order chi connectivity index (χ1) is 10.3. The third kappa shape index (κ3) is 3.07. The van der Waals surface area contributed by atoms with Gasteiger partial charge in [0.25, 0.3) is 0 Å². The molecule has 0 heterocycles. The summed E-state index contributed by atoms with van der Waals surface area (Å²) in [6.45, 7) is 1.60. The number of phenols is 1. The van der Waals surface area contributed by atoms with Crippen molar-refractivity contribution in [2.24, 2.45) is 0 Å². The quantitative estimate of drug-likeness (QED) is 0.841. The molecule has 0 radical (unpaired) electrons. The number of benzene rings is 2. The van der Waals surface area contributed by atoms with Crippen LogP contribution in [0.1, 0.15) is 15.9 Å². The number of anilines is 2. The lowest BCUT2D eigenvalue weighted by atomic mass is 10.1. The molecule has 2 aromatic carbocycles. The van der Waals surface area contributed by atoms with Crippen LogP contribution in [-0.4, -0.2) is 24.9 Å². The van der Waals surface area contributed by atoms with Crippen LogP contribution in [0.15, 0.2) is 36.4 Å². The Hall–Kier alpha value is -2.45. The summed E-state index contributed by atoms with van der Waals surface area (Å²) in [6.07, 6.45) is 0. The lowest BCUT2D eigenvalue weighted by Crippen LogP contribution is -2.20. The molecule has 1 unspecified atom stereocenters. The second-order valence-corrected chi connectivity index (χ2v) is 5.25. The topological polar surface area (TPSA) is 101 Å². The van der Waals surface area contributed by atoms with Gasteiger partial charge in [-0.15, -0.1) is 0 Å². The van der Waals surface area contributed by atoms with Gasteiger partial charge >= 0.3 is 5.97 Å². The molecule has 0 aromatic heterocycles. The van der Waals surface area contributed by atoms with Gasteiger partial charge in [0.15, 0.2) is 0 Å². The molecular weight excluding hydrogens is 313 g/mol. The molecule has 0 fully saturated rings. The minimum atomic E-state index is -2.79. The zero-order chi connectivity index (χ0) is 16.4. The van der Waals surface area contributed by atoms with E-state index in [0.29, 0.717) is 5.56 Å². The standard InChI is InChI=1S/C14H12FNO5S/c1-8-2-3-9(15)6-12(8)16(22(20)21)10-4-5-11(14(18)19)13(17)7-10/h2-7,17H,1H3,(H,18,19)(H,20,21)/p-1. The smallest absolute Gasteiger partial charge is 0.339 e. The van der Waals surface area contributed by atoms with Crippen molar-refractivity contribution in [3.8, 4) is 5.75 Å². The van der Waals surface area contributed by atoms with Crippen LogP contribution in [0.3, 0.4) is 0 Å². The molecule has 1 atom stereocenters. The van der Waals surface area contributed by atoms with E-state index in [1.54, 1.807) is 6.92 Å². The van der Waals surface area contributed by atoms with Gasteiger partial charge in [0.05, 0.1) is 22.6 Å². The highest BCUT2D eigenvalue weighted by molar-refractivity contribution is 7.81. The summed E-state index contributed by atoms with van der Waals surface area (Å²) >= 11 is -2.79. The van der Waals surface area contributed by atoms with E-state index in [4.69, 9.17) is 5.11 Å². The Labute approximate surface area is 127 Å². The number of carboxylic acid groups (broad SMARTS) is 1. The molecule has 0 bridgehead atoms. The number of aromatic carboxylic acids is 1. The van der Waals surface area contributed by atoms with Crippen LogP contribution in [0.5, 0.6) is 5.75 Å². The molecule has 8 heteroatoms. The van der Waals surface area contributed by atoms with Crippen molar-refractivity contribution in [3.63, 3.8) is 0 Å². The number of rotatable bonds is 4. The Balaban J connectivity index is 2.58. The van der Waals surface area contributed by atoms with Crippen molar-refractivity contribution in [2.75, 3.05) is 4.31 Å². The Morgan fingerprint density at radius 3 is 2.50 bits per heavy atom. The van der Waals surface area contributed by atoms with Gasteiger partial charge in [-0.2, -0.15) is 0 Å². The summed E-state index contributed by atoms with van der Waals surface area (Å²) < 4.78 is 37.1. The van der Waals surface area contributed by atoms with Crippen molar-refractivity contribution in [2.45, 2.75) is 6.92 Å². The highest BCUT2D eigenvalue weighted by Gasteiger charge is 2.17. The average molecular weight is 324 g/mol. The first-order valence-electron chi connectivity index (χ1n) is 6.03. The predicted molar refractivity (Wildman–Crippen MR) is 77.3 cm³/mol. The first-order valence-corrected chi connectivity index (χ1v) is 7.06.